The number of piperidine rings is 1. The molecule has 3 aliphatic rings. The number of nitrogens with one attached hydrogen (secondary N) is 1. The minimum atomic E-state index is 0.0318. The van der Waals surface area contributed by atoms with Gasteiger partial charge in [0, 0.05) is 25.2 Å². The number of hydrogen-bond acceptors (Lipinski definition) is 3. The molecule has 3 unspecified atom stereocenters. The fourth-order valence-corrected chi connectivity index (χ4v) is 5.06. The van der Waals surface area contributed by atoms with E-state index in [0.717, 1.165) is 38.5 Å². The van der Waals surface area contributed by atoms with Gasteiger partial charge in [0.25, 0.3) is 0 Å². The molecule has 0 spiro atoms. The highest BCUT2D eigenvalue weighted by Crippen LogP contribution is 2.25. The van der Waals surface area contributed by atoms with Crippen LogP contribution in [-0.4, -0.2) is 60.0 Å². The second-order valence-electron chi connectivity index (χ2n) is 8.56. The van der Waals surface area contributed by atoms with Gasteiger partial charge in [0.15, 0.2) is 0 Å². The van der Waals surface area contributed by atoms with E-state index in [9.17, 15) is 4.79 Å². The Labute approximate surface area is 157 Å². The SMILES string of the molecule is CC(C(=O)N1CCC2CCC(C1)N2)N1CCC(Cc2ccccc2)CC1. The molecule has 1 aromatic carbocycles. The molecule has 26 heavy (non-hydrogen) atoms. The Morgan fingerprint density at radius 2 is 1.77 bits per heavy atom. The predicted octanol–water partition coefficient (Wildman–Crippen LogP) is 2.68. The standard InChI is InChI=1S/C22H33N3O/c1-17(22(26)25-14-11-20-7-8-21(16-25)23-20)24-12-9-19(10-13-24)15-18-5-3-2-4-6-18/h2-6,17,19-21,23H,7-16H2,1H3. The quantitative estimate of drug-likeness (QED) is 0.902. The maximum Gasteiger partial charge on any atom is 0.239 e. The molecule has 3 fully saturated rings. The number of rotatable bonds is 4. The van der Waals surface area contributed by atoms with Crippen LogP contribution in [0.4, 0.5) is 0 Å². The molecule has 0 aromatic heterocycles. The van der Waals surface area contributed by atoms with E-state index in [0.29, 0.717) is 18.0 Å². The lowest BCUT2D eigenvalue weighted by Crippen LogP contribution is -2.51. The maximum atomic E-state index is 13.1. The topological polar surface area (TPSA) is 35.6 Å². The van der Waals surface area contributed by atoms with Crippen molar-refractivity contribution in [2.75, 3.05) is 26.2 Å². The fourth-order valence-electron chi connectivity index (χ4n) is 5.06. The van der Waals surface area contributed by atoms with Crippen molar-refractivity contribution >= 4 is 5.91 Å². The van der Waals surface area contributed by atoms with Crippen molar-refractivity contribution < 1.29 is 4.79 Å². The molecule has 4 heteroatoms. The molecule has 0 radical (unpaired) electrons. The van der Waals surface area contributed by atoms with E-state index in [1.54, 1.807) is 0 Å². The van der Waals surface area contributed by atoms with Gasteiger partial charge in [0.05, 0.1) is 6.04 Å². The van der Waals surface area contributed by atoms with Gasteiger partial charge in [-0.2, -0.15) is 0 Å². The third kappa shape index (κ3) is 4.12. The van der Waals surface area contributed by atoms with E-state index >= 15 is 0 Å². The third-order valence-corrected chi connectivity index (χ3v) is 6.76. The molecule has 0 aliphatic carbocycles. The van der Waals surface area contributed by atoms with E-state index in [4.69, 9.17) is 0 Å². The lowest BCUT2D eigenvalue weighted by atomic mass is 9.89. The first-order valence-electron chi connectivity index (χ1n) is 10.5. The first-order valence-corrected chi connectivity index (χ1v) is 10.5. The Bertz CT molecular complexity index is 597. The highest BCUT2D eigenvalue weighted by Gasteiger charge is 2.34. The van der Waals surface area contributed by atoms with Crippen LogP contribution in [0.1, 0.15) is 44.6 Å². The van der Waals surface area contributed by atoms with Gasteiger partial charge in [-0.15, -0.1) is 0 Å². The van der Waals surface area contributed by atoms with Crippen molar-refractivity contribution in [1.82, 2.24) is 15.1 Å². The van der Waals surface area contributed by atoms with Gasteiger partial charge >= 0.3 is 0 Å². The van der Waals surface area contributed by atoms with Gasteiger partial charge in [0.1, 0.15) is 0 Å². The van der Waals surface area contributed by atoms with Crippen LogP contribution in [0.25, 0.3) is 0 Å². The zero-order valence-corrected chi connectivity index (χ0v) is 16.1. The Hall–Kier alpha value is -1.39. The maximum absolute atomic E-state index is 13.1. The Kier molecular flexibility index (Phi) is 5.60. The van der Waals surface area contributed by atoms with Crippen LogP contribution in [0.5, 0.6) is 0 Å². The van der Waals surface area contributed by atoms with Gasteiger partial charge in [0.2, 0.25) is 5.91 Å². The first kappa shape index (κ1) is 18.0. The molecule has 3 atom stereocenters. The molecule has 2 bridgehead atoms. The van der Waals surface area contributed by atoms with E-state index in [1.807, 2.05) is 0 Å². The number of likely N-dealkylation sites (tertiary alicyclic amines) is 2. The molecule has 1 amide bonds. The van der Waals surface area contributed by atoms with Gasteiger partial charge in [-0.25, -0.2) is 0 Å². The molecular weight excluding hydrogens is 322 g/mol. The molecule has 1 aromatic rings. The summed E-state index contributed by atoms with van der Waals surface area (Å²) in [6.45, 7) is 6.08. The third-order valence-electron chi connectivity index (χ3n) is 6.76. The number of benzene rings is 1. The van der Waals surface area contributed by atoms with Crippen molar-refractivity contribution in [3.63, 3.8) is 0 Å². The average Bonchev–Trinajstić information content (AvgIpc) is 3.01. The normalized spacial score (nSPS) is 28.7. The van der Waals surface area contributed by atoms with Crippen LogP contribution in [-0.2, 0) is 11.2 Å². The molecule has 0 saturated carbocycles. The first-order chi connectivity index (χ1) is 12.7. The second kappa shape index (κ2) is 8.10. The molecule has 1 N–H and O–H groups in total. The van der Waals surface area contributed by atoms with Crippen molar-refractivity contribution in [1.29, 1.82) is 0 Å². The highest BCUT2D eigenvalue weighted by atomic mass is 16.2. The largest absolute Gasteiger partial charge is 0.340 e. The van der Waals surface area contributed by atoms with Crippen LogP contribution >= 0.6 is 0 Å². The number of carbonyl (C=O) groups excluding carboxylic acids is 1. The summed E-state index contributed by atoms with van der Waals surface area (Å²) in [5.41, 5.74) is 1.45. The fraction of sp³-hybridized carbons (Fsp3) is 0.682. The summed E-state index contributed by atoms with van der Waals surface area (Å²) in [4.78, 5) is 17.6. The summed E-state index contributed by atoms with van der Waals surface area (Å²) in [6.07, 6.45) is 7.23. The van der Waals surface area contributed by atoms with Gasteiger partial charge in [-0.05, 0) is 70.0 Å². The van der Waals surface area contributed by atoms with Crippen LogP contribution in [0.15, 0.2) is 30.3 Å². The van der Waals surface area contributed by atoms with Crippen LogP contribution in [0, 0.1) is 5.92 Å². The predicted molar refractivity (Wildman–Crippen MR) is 105 cm³/mol. The zero-order valence-electron chi connectivity index (χ0n) is 16.1. The zero-order chi connectivity index (χ0) is 17.9. The Balaban J connectivity index is 1.27. The Morgan fingerprint density at radius 1 is 1.04 bits per heavy atom. The molecule has 3 heterocycles. The number of nitrogens with zero attached hydrogens (tertiary/aromatic N) is 2. The minimum absolute atomic E-state index is 0.0318. The minimum Gasteiger partial charge on any atom is -0.340 e. The van der Waals surface area contributed by atoms with Crippen molar-refractivity contribution in [3.05, 3.63) is 35.9 Å². The molecule has 4 rings (SSSR count). The molecule has 3 aliphatic heterocycles. The number of amides is 1. The van der Waals surface area contributed by atoms with E-state index < -0.39 is 0 Å². The van der Waals surface area contributed by atoms with Gasteiger partial charge in [-0.1, -0.05) is 30.3 Å². The van der Waals surface area contributed by atoms with Crippen LogP contribution in [0.2, 0.25) is 0 Å². The number of fused-ring (bicyclic) bond motifs is 2. The summed E-state index contributed by atoms with van der Waals surface area (Å²) < 4.78 is 0. The van der Waals surface area contributed by atoms with Gasteiger partial charge < -0.3 is 10.2 Å². The van der Waals surface area contributed by atoms with Crippen molar-refractivity contribution in [2.45, 2.75) is 63.6 Å². The Morgan fingerprint density at radius 3 is 2.54 bits per heavy atom. The van der Waals surface area contributed by atoms with Crippen molar-refractivity contribution in [3.8, 4) is 0 Å². The molecule has 142 valence electrons. The molecular formula is C22H33N3O. The highest BCUT2D eigenvalue weighted by molar-refractivity contribution is 5.81. The van der Waals surface area contributed by atoms with Crippen molar-refractivity contribution in [2.24, 2.45) is 5.92 Å². The lowest BCUT2D eigenvalue weighted by molar-refractivity contribution is -0.137. The lowest BCUT2D eigenvalue weighted by Gasteiger charge is -2.37. The summed E-state index contributed by atoms with van der Waals surface area (Å²) in [7, 11) is 0. The summed E-state index contributed by atoms with van der Waals surface area (Å²) in [6, 6.07) is 12.0. The van der Waals surface area contributed by atoms with Crippen LogP contribution in [0.3, 0.4) is 0 Å². The number of carbonyl (C=O) groups is 1. The second-order valence-corrected chi connectivity index (χ2v) is 8.56. The van der Waals surface area contributed by atoms with E-state index in [-0.39, 0.29) is 6.04 Å². The monoisotopic (exact) mass is 355 g/mol. The van der Waals surface area contributed by atoms with E-state index in [2.05, 4.69) is 52.4 Å². The molecule has 4 nitrogen and oxygen atoms in total. The summed E-state index contributed by atoms with van der Waals surface area (Å²) in [5, 5.41) is 3.68. The molecule has 3 saturated heterocycles. The smallest absolute Gasteiger partial charge is 0.239 e. The van der Waals surface area contributed by atoms with Gasteiger partial charge in [-0.3, -0.25) is 9.69 Å². The van der Waals surface area contributed by atoms with E-state index in [1.165, 1.54) is 37.7 Å². The average molecular weight is 356 g/mol. The number of hydrogen-bond donors (Lipinski definition) is 1. The summed E-state index contributed by atoms with van der Waals surface area (Å²) >= 11 is 0. The van der Waals surface area contributed by atoms with Crippen LogP contribution < -0.4 is 5.32 Å². The summed E-state index contributed by atoms with van der Waals surface area (Å²) in [5.74, 6) is 1.11.